The number of fused-ring (bicyclic) bond motifs is 1. The van der Waals surface area contributed by atoms with E-state index in [1.807, 2.05) is 24.3 Å². The van der Waals surface area contributed by atoms with Crippen LogP contribution in [0.4, 0.5) is 0 Å². The van der Waals surface area contributed by atoms with E-state index in [-0.39, 0.29) is 6.10 Å². The minimum absolute atomic E-state index is 0.210. The van der Waals surface area contributed by atoms with Crippen molar-refractivity contribution < 1.29 is 9.47 Å². The van der Waals surface area contributed by atoms with Gasteiger partial charge < -0.3 is 19.7 Å². The molecule has 0 aliphatic carbocycles. The summed E-state index contributed by atoms with van der Waals surface area (Å²) in [4.78, 5) is 2.59. The highest BCUT2D eigenvalue weighted by molar-refractivity contribution is 5.40. The highest BCUT2D eigenvalue weighted by Gasteiger charge is 2.17. The third kappa shape index (κ3) is 4.62. The molecule has 3 rings (SSSR count). The second-order valence-electron chi connectivity index (χ2n) is 6.28. The SMILES string of the molecule is c1ccc2c(c1)OCCC(CNCCCCN1CCCC1)O2. The zero-order valence-corrected chi connectivity index (χ0v) is 13.4. The van der Waals surface area contributed by atoms with Gasteiger partial charge in [0, 0.05) is 13.0 Å². The smallest absolute Gasteiger partial charge is 0.161 e. The number of unbranched alkanes of at least 4 members (excludes halogenated alkanes) is 1. The lowest BCUT2D eigenvalue weighted by Crippen LogP contribution is -2.32. The molecule has 0 saturated carbocycles. The highest BCUT2D eigenvalue weighted by atomic mass is 16.5. The third-order valence-electron chi connectivity index (χ3n) is 4.49. The van der Waals surface area contributed by atoms with Gasteiger partial charge >= 0.3 is 0 Å². The standard InChI is InChI=1S/C18H28N2O2/c1-2-8-18-17(7-1)21-14-9-16(22-18)15-19-10-3-4-11-20-12-5-6-13-20/h1-2,7-8,16,19H,3-6,9-15H2. The predicted octanol–water partition coefficient (Wildman–Crippen LogP) is 2.68. The van der Waals surface area contributed by atoms with E-state index in [2.05, 4.69) is 10.2 Å². The molecule has 1 unspecified atom stereocenters. The summed E-state index contributed by atoms with van der Waals surface area (Å²) < 4.78 is 11.8. The number of nitrogens with zero attached hydrogens (tertiary/aromatic N) is 1. The Morgan fingerprint density at radius 3 is 2.77 bits per heavy atom. The first kappa shape index (κ1) is 15.6. The third-order valence-corrected chi connectivity index (χ3v) is 4.49. The van der Waals surface area contributed by atoms with Crippen LogP contribution in [0.5, 0.6) is 11.5 Å². The van der Waals surface area contributed by atoms with E-state index in [0.717, 1.165) is 37.6 Å². The predicted molar refractivity (Wildman–Crippen MR) is 88.7 cm³/mol. The molecule has 2 aliphatic rings. The molecule has 1 atom stereocenters. The number of hydrogen-bond acceptors (Lipinski definition) is 4. The first-order chi connectivity index (χ1) is 10.9. The summed E-state index contributed by atoms with van der Waals surface area (Å²) in [5, 5.41) is 3.54. The Morgan fingerprint density at radius 2 is 1.91 bits per heavy atom. The average molecular weight is 304 g/mol. The molecule has 2 aliphatic heterocycles. The maximum Gasteiger partial charge on any atom is 0.161 e. The van der Waals surface area contributed by atoms with Crippen LogP contribution in [0.1, 0.15) is 32.1 Å². The number of hydrogen-bond donors (Lipinski definition) is 1. The lowest BCUT2D eigenvalue weighted by atomic mass is 10.2. The van der Waals surface area contributed by atoms with Gasteiger partial charge in [0.05, 0.1) is 6.61 Å². The Labute approximate surface area is 133 Å². The monoisotopic (exact) mass is 304 g/mol. The zero-order valence-electron chi connectivity index (χ0n) is 13.4. The molecule has 0 aromatic heterocycles. The summed E-state index contributed by atoms with van der Waals surface area (Å²) in [5.74, 6) is 1.75. The molecule has 0 bridgehead atoms. The van der Waals surface area contributed by atoms with Crippen molar-refractivity contribution >= 4 is 0 Å². The second-order valence-corrected chi connectivity index (χ2v) is 6.28. The number of benzene rings is 1. The summed E-state index contributed by atoms with van der Waals surface area (Å²) in [6, 6.07) is 7.95. The molecule has 4 heteroatoms. The average Bonchev–Trinajstić information content (AvgIpc) is 2.96. The van der Waals surface area contributed by atoms with Gasteiger partial charge in [-0.2, -0.15) is 0 Å². The van der Waals surface area contributed by atoms with Gasteiger partial charge in [-0.15, -0.1) is 0 Å². The van der Waals surface area contributed by atoms with Gasteiger partial charge in [0.2, 0.25) is 0 Å². The maximum absolute atomic E-state index is 6.05. The Bertz CT molecular complexity index is 446. The van der Waals surface area contributed by atoms with E-state index in [1.165, 1.54) is 45.3 Å². The van der Waals surface area contributed by atoms with E-state index >= 15 is 0 Å². The molecule has 2 heterocycles. The van der Waals surface area contributed by atoms with E-state index in [9.17, 15) is 0 Å². The van der Waals surface area contributed by atoms with Crippen LogP contribution < -0.4 is 14.8 Å². The summed E-state index contributed by atoms with van der Waals surface area (Å²) in [5.41, 5.74) is 0. The number of nitrogens with one attached hydrogen (secondary N) is 1. The lowest BCUT2D eigenvalue weighted by Gasteiger charge is -2.17. The molecule has 22 heavy (non-hydrogen) atoms. The first-order valence-electron chi connectivity index (χ1n) is 8.73. The number of para-hydroxylation sites is 2. The van der Waals surface area contributed by atoms with Gasteiger partial charge in [-0.3, -0.25) is 0 Å². The molecule has 1 aromatic rings. The minimum Gasteiger partial charge on any atom is -0.490 e. The van der Waals surface area contributed by atoms with Gasteiger partial charge in [0.1, 0.15) is 6.10 Å². The molecule has 1 saturated heterocycles. The Hall–Kier alpha value is -1.26. The Kier molecular flexibility index (Phi) is 5.96. The first-order valence-corrected chi connectivity index (χ1v) is 8.73. The van der Waals surface area contributed by atoms with Crippen LogP contribution in [0.2, 0.25) is 0 Å². The van der Waals surface area contributed by atoms with Gasteiger partial charge in [-0.1, -0.05) is 12.1 Å². The Morgan fingerprint density at radius 1 is 1.09 bits per heavy atom. The highest BCUT2D eigenvalue weighted by Crippen LogP contribution is 2.30. The van der Waals surface area contributed by atoms with Gasteiger partial charge in [0.15, 0.2) is 11.5 Å². The van der Waals surface area contributed by atoms with E-state index in [1.54, 1.807) is 0 Å². The van der Waals surface area contributed by atoms with Crippen molar-refractivity contribution in [2.24, 2.45) is 0 Å². The van der Waals surface area contributed by atoms with Gasteiger partial charge in [0.25, 0.3) is 0 Å². The molecule has 0 amide bonds. The van der Waals surface area contributed by atoms with Crippen molar-refractivity contribution in [2.45, 2.75) is 38.2 Å². The normalized spacial score (nSPS) is 21.7. The molecular weight excluding hydrogens is 276 g/mol. The summed E-state index contributed by atoms with van der Waals surface area (Å²) >= 11 is 0. The fourth-order valence-corrected chi connectivity index (χ4v) is 3.20. The van der Waals surface area contributed by atoms with Crippen LogP contribution in [-0.2, 0) is 0 Å². The van der Waals surface area contributed by atoms with Crippen molar-refractivity contribution in [2.75, 3.05) is 39.3 Å². The van der Waals surface area contributed by atoms with Crippen molar-refractivity contribution in [3.05, 3.63) is 24.3 Å². The van der Waals surface area contributed by atoms with E-state index in [4.69, 9.17) is 9.47 Å². The molecular formula is C18H28N2O2. The fourth-order valence-electron chi connectivity index (χ4n) is 3.20. The Balaban J connectivity index is 1.30. The van der Waals surface area contributed by atoms with E-state index < -0.39 is 0 Å². The number of likely N-dealkylation sites (tertiary alicyclic amines) is 1. The quantitative estimate of drug-likeness (QED) is 0.785. The zero-order chi connectivity index (χ0) is 15.0. The summed E-state index contributed by atoms with van der Waals surface area (Å²) in [6.07, 6.45) is 6.47. The van der Waals surface area contributed by atoms with Crippen molar-refractivity contribution in [1.29, 1.82) is 0 Å². The van der Waals surface area contributed by atoms with E-state index in [0.29, 0.717) is 0 Å². The fraction of sp³-hybridized carbons (Fsp3) is 0.667. The van der Waals surface area contributed by atoms with Gasteiger partial charge in [-0.05, 0) is 64.0 Å². The largest absolute Gasteiger partial charge is 0.490 e. The molecule has 0 spiro atoms. The van der Waals surface area contributed by atoms with Crippen molar-refractivity contribution in [1.82, 2.24) is 10.2 Å². The van der Waals surface area contributed by atoms with Crippen LogP contribution in [0.15, 0.2) is 24.3 Å². The number of ether oxygens (including phenoxy) is 2. The molecule has 1 N–H and O–H groups in total. The molecule has 1 aromatic carbocycles. The minimum atomic E-state index is 0.210. The molecule has 0 radical (unpaired) electrons. The van der Waals surface area contributed by atoms with Crippen LogP contribution >= 0.6 is 0 Å². The topological polar surface area (TPSA) is 33.7 Å². The molecule has 122 valence electrons. The lowest BCUT2D eigenvalue weighted by molar-refractivity contribution is 0.187. The number of rotatable bonds is 7. The van der Waals surface area contributed by atoms with Crippen molar-refractivity contribution in [3.63, 3.8) is 0 Å². The van der Waals surface area contributed by atoms with Crippen LogP contribution in [-0.4, -0.2) is 50.3 Å². The maximum atomic E-state index is 6.05. The van der Waals surface area contributed by atoms with Gasteiger partial charge in [-0.25, -0.2) is 0 Å². The summed E-state index contributed by atoms with van der Waals surface area (Å²) in [7, 11) is 0. The molecule has 1 fully saturated rings. The van der Waals surface area contributed by atoms with Crippen LogP contribution in [0.3, 0.4) is 0 Å². The second kappa shape index (κ2) is 8.39. The summed E-state index contributed by atoms with van der Waals surface area (Å²) in [6.45, 7) is 6.60. The van der Waals surface area contributed by atoms with Crippen molar-refractivity contribution in [3.8, 4) is 11.5 Å². The molecule has 4 nitrogen and oxygen atoms in total. The van der Waals surface area contributed by atoms with Crippen LogP contribution in [0.25, 0.3) is 0 Å². The van der Waals surface area contributed by atoms with Crippen LogP contribution in [0, 0.1) is 0 Å².